The molecule has 0 spiro atoms. The Morgan fingerprint density at radius 3 is 2.69 bits per heavy atom. The number of furan rings is 1. The fourth-order valence-electron chi connectivity index (χ4n) is 1.54. The predicted molar refractivity (Wildman–Crippen MR) is 60.9 cm³/mol. The van der Waals surface area contributed by atoms with Crippen molar-refractivity contribution in [2.45, 2.75) is 6.10 Å². The summed E-state index contributed by atoms with van der Waals surface area (Å²) in [5, 5.41) is 10.5. The largest absolute Gasteiger partial charge is 0.458 e. The van der Waals surface area contributed by atoms with Crippen LogP contribution in [0.25, 0.3) is 11.0 Å². The molecule has 1 atom stereocenters. The highest BCUT2D eigenvalue weighted by atomic mass is 32.2. The van der Waals surface area contributed by atoms with E-state index in [4.69, 9.17) is 4.42 Å². The molecule has 2 aromatic rings. The van der Waals surface area contributed by atoms with Gasteiger partial charge in [-0.3, -0.25) is 0 Å². The predicted octanol–water partition coefficient (Wildman–Crippen LogP) is 1.51. The minimum absolute atomic E-state index is 0.284. The zero-order valence-corrected chi connectivity index (χ0v) is 9.57. The second kappa shape index (κ2) is 3.92. The lowest BCUT2D eigenvalue weighted by molar-refractivity contribution is 0.174. The first-order valence-corrected chi connectivity index (χ1v) is 6.86. The fourth-order valence-corrected chi connectivity index (χ4v) is 2.27. The molecule has 1 aromatic heterocycles. The summed E-state index contributed by atoms with van der Waals surface area (Å²) in [5.74, 6) is -0.0427. The highest BCUT2D eigenvalue weighted by molar-refractivity contribution is 7.90. The summed E-state index contributed by atoms with van der Waals surface area (Å²) in [4.78, 5) is 0. The summed E-state index contributed by atoms with van der Waals surface area (Å²) >= 11 is 0. The molecule has 16 heavy (non-hydrogen) atoms. The molecule has 0 aliphatic carbocycles. The Kier molecular flexibility index (Phi) is 2.73. The van der Waals surface area contributed by atoms with Crippen LogP contribution < -0.4 is 0 Å². The molecule has 2 rings (SSSR count). The standard InChI is InChI=1S/C11H12O4S/c1-16(13,14)7-9(12)11-6-8-4-2-3-5-10(8)15-11/h2-6,9,12H,7H2,1H3. The van der Waals surface area contributed by atoms with Gasteiger partial charge in [0.2, 0.25) is 0 Å². The third kappa shape index (κ3) is 2.43. The Labute approximate surface area is 93.4 Å². The average molecular weight is 240 g/mol. The first kappa shape index (κ1) is 11.2. The zero-order chi connectivity index (χ0) is 11.8. The molecule has 0 bridgehead atoms. The summed E-state index contributed by atoms with van der Waals surface area (Å²) in [7, 11) is -3.22. The van der Waals surface area contributed by atoms with E-state index in [2.05, 4.69) is 0 Å². The quantitative estimate of drug-likeness (QED) is 0.883. The van der Waals surface area contributed by atoms with Crippen molar-refractivity contribution >= 4 is 20.8 Å². The van der Waals surface area contributed by atoms with Crippen LogP contribution >= 0.6 is 0 Å². The SMILES string of the molecule is CS(=O)(=O)CC(O)c1cc2ccccc2o1. The lowest BCUT2D eigenvalue weighted by atomic mass is 10.2. The van der Waals surface area contributed by atoms with Gasteiger partial charge in [-0.2, -0.15) is 0 Å². The van der Waals surface area contributed by atoms with Crippen molar-refractivity contribution in [1.82, 2.24) is 0 Å². The van der Waals surface area contributed by atoms with E-state index < -0.39 is 15.9 Å². The molecular weight excluding hydrogens is 228 g/mol. The molecule has 86 valence electrons. The molecule has 0 saturated carbocycles. The molecular formula is C11H12O4S. The van der Waals surface area contributed by atoms with E-state index >= 15 is 0 Å². The van der Waals surface area contributed by atoms with Crippen molar-refractivity contribution in [3.05, 3.63) is 36.1 Å². The van der Waals surface area contributed by atoms with Crippen LogP contribution in [0.5, 0.6) is 0 Å². The first-order valence-electron chi connectivity index (χ1n) is 4.80. The molecule has 0 saturated heterocycles. The normalized spacial score (nSPS) is 14.1. The van der Waals surface area contributed by atoms with E-state index in [0.717, 1.165) is 11.6 Å². The molecule has 1 N–H and O–H groups in total. The fraction of sp³-hybridized carbons (Fsp3) is 0.273. The van der Waals surface area contributed by atoms with Crippen LogP contribution in [0.2, 0.25) is 0 Å². The second-order valence-corrected chi connectivity index (χ2v) is 5.98. The zero-order valence-electron chi connectivity index (χ0n) is 8.75. The summed E-state index contributed by atoms with van der Waals surface area (Å²) in [6, 6.07) is 8.94. The minimum Gasteiger partial charge on any atom is -0.458 e. The lowest BCUT2D eigenvalue weighted by Gasteiger charge is -2.04. The van der Waals surface area contributed by atoms with Crippen LogP contribution in [-0.2, 0) is 9.84 Å². The third-order valence-electron chi connectivity index (χ3n) is 2.23. The Hall–Kier alpha value is -1.33. The number of para-hydroxylation sites is 1. The van der Waals surface area contributed by atoms with Crippen LogP contribution in [0.3, 0.4) is 0 Å². The van der Waals surface area contributed by atoms with E-state index in [9.17, 15) is 13.5 Å². The van der Waals surface area contributed by atoms with Crippen molar-refractivity contribution in [3.8, 4) is 0 Å². The van der Waals surface area contributed by atoms with Gasteiger partial charge >= 0.3 is 0 Å². The van der Waals surface area contributed by atoms with Crippen molar-refractivity contribution in [2.24, 2.45) is 0 Å². The van der Waals surface area contributed by atoms with Gasteiger partial charge in [-0.25, -0.2) is 8.42 Å². The van der Waals surface area contributed by atoms with Crippen molar-refractivity contribution in [3.63, 3.8) is 0 Å². The molecule has 1 heterocycles. The number of fused-ring (bicyclic) bond motifs is 1. The van der Waals surface area contributed by atoms with E-state index in [1.165, 1.54) is 0 Å². The van der Waals surface area contributed by atoms with Crippen molar-refractivity contribution in [2.75, 3.05) is 12.0 Å². The van der Waals surface area contributed by atoms with Crippen LogP contribution in [0.1, 0.15) is 11.9 Å². The molecule has 5 heteroatoms. The Morgan fingerprint density at radius 2 is 2.06 bits per heavy atom. The maximum Gasteiger partial charge on any atom is 0.150 e. The molecule has 0 fully saturated rings. The number of sulfone groups is 1. The molecule has 0 radical (unpaired) electrons. The highest BCUT2D eigenvalue weighted by Gasteiger charge is 2.18. The number of hydrogen-bond acceptors (Lipinski definition) is 4. The van der Waals surface area contributed by atoms with Gasteiger partial charge in [-0.05, 0) is 12.1 Å². The summed E-state index contributed by atoms with van der Waals surface area (Å²) < 4.78 is 27.4. The number of rotatable bonds is 3. The third-order valence-corrected chi connectivity index (χ3v) is 3.15. The van der Waals surface area contributed by atoms with E-state index in [-0.39, 0.29) is 11.5 Å². The number of benzene rings is 1. The summed E-state index contributed by atoms with van der Waals surface area (Å²) in [5.41, 5.74) is 0.644. The summed E-state index contributed by atoms with van der Waals surface area (Å²) in [6.07, 6.45) is -0.0267. The maximum atomic E-state index is 11.0. The van der Waals surface area contributed by atoms with Crippen molar-refractivity contribution in [1.29, 1.82) is 0 Å². The van der Waals surface area contributed by atoms with Crippen LogP contribution in [0.4, 0.5) is 0 Å². The molecule has 1 unspecified atom stereocenters. The first-order chi connectivity index (χ1) is 7.46. The minimum atomic E-state index is -3.22. The topological polar surface area (TPSA) is 67.5 Å². The Morgan fingerprint density at radius 1 is 1.38 bits per heavy atom. The van der Waals surface area contributed by atoms with Gasteiger partial charge in [-0.1, -0.05) is 18.2 Å². The Bertz CT molecular complexity index is 564. The van der Waals surface area contributed by atoms with Gasteiger partial charge in [0, 0.05) is 11.6 Å². The summed E-state index contributed by atoms with van der Waals surface area (Å²) in [6.45, 7) is 0. The maximum absolute atomic E-state index is 11.0. The molecule has 0 aliphatic heterocycles. The van der Waals surface area contributed by atoms with Gasteiger partial charge in [0.05, 0.1) is 5.75 Å². The van der Waals surface area contributed by atoms with E-state index in [0.29, 0.717) is 5.58 Å². The van der Waals surface area contributed by atoms with Crippen LogP contribution in [0, 0.1) is 0 Å². The lowest BCUT2D eigenvalue weighted by Crippen LogP contribution is -2.11. The second-order valence-electron chi connectivity index (χ2n) is 3.79. The van der Waals surface area contributed by atoms with E-state index in [1.54, 1.807) is 12.1 Å². The number of aliphatic hydroxyl groups is 1. The van der Waals surface area contributed by atoms with Crippen LogP contribution in [-0.4, -0.2) is 25.5 Å². The smallest absolute Gasteiger partial charge is 0.150 e. The van der Waals surface area contributed by atoms with Gasteiger partial charge in [0.15, 0.2) is 0 Å². The average Bonchev–Trinajstić information content (AvgIpc) is 2.58. The molecule has 0 amide bonds. The van der Waals surface area contributed by atoms with Gasteiger partial charge in [-0.15, -0.1) is 0 Å². The Balaban J connectivity index is 2.33. The molecule has 4 nitrogen and oxygen atoms in total. The van der Waals surface area contributed by atoms with Gasteiger partial charge in [0.1, 0.15) is 27.3 Å². The number of hydrogen-bond donors (Lipinski definition) is 1. The van der Waals surface area contributed by atoms with Crippen LogP contribution in [0.15, 0.2) is 34.7 Å². The molecule has 0 aliphatic rings. The van der Waals surface area contributed by atoms with Gasteiger partial charge < -0.3 is 9.52 Å². The monoisotopic (exact) mass is 240 g/mol. The van der Waals surface area contributed by atoms with E-state index in [1.807, 2.05) is 18.2 Å². The van der Waals surface area contributed by atoms with Gasteiger partial charge in [0.25, 0.3) is 0 Å². The molecule has 1 aromatic carbocycles. The number of aliphatic hydroxyl groups excluding tert-OH is 1. The van der Waals surface area contributed by atoms with Crippen molar-refractivity contribution < 1.29 is 17.9 Å². The highest BCUT2D eigenvalue weighted by Crippen LogP contribution is 2.24.